The molecule has 0 radical (unpaired) electrons. The van der Waals surface area contributed by atoms with E-state index in [1.807, 2.05) is 30.5 Å². The van der Waals surface area contributed by atoms with Crippen molar-refractivity contribution in [2.24, 2.45) is 0 Å². The molecule has 0 aliphatic rings. The van der Waals surface area contributed by atoms with Gasteiger partial charge in [0.1, 0.15) is 11.6 Å². The largest absolute Gasteiger partial charge is 0.332 e. The number of nitrogens with zero attached hydrogens (tertiary/aromatic N) is 3. The molecule has 4 rings (SSSR count). The van der Waals surface area contributed by atoms with Gasteiger partial charge in [-0.05, 0) is 61.2 Å². The fourth-order valence-corrected chi connectivity index (χ4v) is 4.63. The summed E-state index contributed by atoms with van der Waals surface area (Å²) >= 11 is 1.55. The van der Waals surface area contributed by atoms with E-state index < -0.39 is 6.04 Å². The van der Waals surface area contributed by atoms with E-state index in [0.717, 1.165) is 17.7 Å². The summed E-state index contributed by atoms with van der Waals surface area (Å²) < 4.78 is 15.1. The lowest BCUT2D eigenvalue weighted by Crippen LogP contribution is -2.38. The normalized spacial score (nSPS) is 12.1. The van der Waals surface area contributed by atoms with Gasteiger partial charge in [0, 0.05) is 11.4 Å². The van der Waals surface area contributed by atoms with E-state index in [1.165, 1.54) is 16.7 Å². The van der Waals surface area contributed by atoms with Crippen LogP contribution >= 0.6 is 11.3 Å². The first-order valence-corrected chi connectivity index (χ1v) is 12.0. The van der Waals surface area contributed by atoms with Gasteiger partial charge in [0.25, 0.3) is 5.56 Å². The maximum Gasteiger partial charge on any atom is 0.266 e. The summed E-state index contributed by atoms with van der Waals surface area (Å²) in [6.07, 6.45) is 2.08. The number of halogens is 1. The van der Waals surface area contributed by atoms with E-state index in [-0.39, 0.29) is 17.3 Å². The zero-order valence-corrected chi connectivity index (χ0v) is 19.5. The van der Waals surface area contributed by atoms with Crippen molar-refractivity contribution in [1.82, 2.24) is 14.5 Å². The van der Waals surface area contributed by atoms with Crippen molar-refractivity contribution in [3.8, 4) is 5.69 Å². The predicted octanol–water partition coefficient (Wildman–Crippen LogP) is 5.52. The van der Waals surface area contributed by atoms with Crippen LogP contribution in [0.1, 0.15) is 43.4 Å². The minimum Gasteiger partial charge on any atom is -0.332 e. The number of carbonyl (C=O) groups excluding carboxylic acids is 1. The number of aromatic nitrogens is 2. The number of fused-ring (bicyclic) bond motifs is 1. The standard InChI is InChI=1S/C26H26FN3O2S/c1-3-4-15-29(24(31)17-21-8-7-16-33-21)18(2)25-28-23-10-6-5-9-22(23)26(32)30(25)20-13-11-19(27)12-14-20/h5-14,16,18H,3-4,15,17H2,1-2H3. The third kappa shape index (κ3) is 4.88. The minimum atomic E-state index is -0.452. The van der Waals surface area contributed by atoms with Crippen LogP contribution < -0.4 is 5.56 Å². The minimum absolute atomic E-state index is 0.00790. The molecule has 0 saturated carbocycles. The molecule has 0 N–H and O–H groups in total. The van der Waals surface area contributed by atoms with Crippen LogP contribution in [0.2, 0.25) is 0 Å². The van der Waals surface area contributed by atoms with Crippen LogP contribution in [0, 0.1) is 5.82 Å². The van der Waals surface area contributed by atoms with Gasteiger partial charge in [-0.3, -0.25) is 14.2 Å². The first kappa shape index (κ1) is 22.9. The Hall–Kier alpha value is -3.32. The Morgan fingerprint density at radius 1 is 1.12 bits per heavy atom. The van der Waals surface area contributed by atoms with Crippen molar-refractivity contribution in [2.75, 3.05) is 6.54 Å². The molecule has 1 amide bonds. The maximum atomic E-state index is 13.6. The van der Waals surface area contributed by atoms with Crippen LogP contribution in [-0.2, 0) is 11.2 Å². The number of hydrogen-bond acceptors (Lipinski definition) is 4. The fourth-order valence-electron chi connectivity index (χ4n) is 3.94. The molecule has 1 atom stereocenters. The first-order valence-electron chi connectivity index (χ1n) is 11.1. The lowest BCUT2D eigenvalue weighted by Gasteiger charge is -2.30. The molecule has 0 aliphatic heterocycles. The van der Waals surface area contributed by atoms with E-state index in [9.17, 15) is 14.0 Å². The van der Waals surface area contributed by atoms with Crippen LogP contribution in [-0.4, -0.2) is 26.9 Å². The van der Waals surface area contributed by atoms with Crippen LogP contribution in [0.5, 0.6) is 0 Å². The summed E-state index contributed by atoms with van der Waals surface area (Å²) in [5.41, 5.74) is 0.849. The zero-order valence-electron chi connectivity index (χ0n) is 18.7. The monoisotopic (exact) mass is 463 g/mol. The smallest absolute Gasteiger partial charge is 0.266 e. The number of para-hydroxylation sites is 1. The molecule has 0 bridgehead atoms. The molecule has 4 aromatic rings. The summed E-state index contributed by atoms with van der Waals surface area (Å²) in [6, 6.07) is 16.4. The number of thiophene rings is 1. The molecule has 170 valence electrons. The highest BCUT2D eigenvalue weighted by Gasteiger charge is 2.26. The molecule has 0 aliphatic carbocycles. The molecule has 0 fully saturated rings. The average Bonchev–Trinajstić information content (AvgIpc) is 3.33. The summed E-state index contributed by atoms with van der Waals surface area (Å²) in [7, 11) is 0. The highest BCUT2D eigenvalue weighted by molar-refractivity contribution is 7.10. The zero-order chi connectivity index (χ0) is 23.4. The van der Waals surface area contributed by atoms with Gasteiger partial charge in [-0.15, -0.1) is 11.3 Å². The number of amides is 1. The molecular weight excluding hydrogens is 437 g/mol. The fraction of sp³-hybridized carbons (Fsp3) is 0.269. The Kier molecular flexibility index (Phi) is 6.99. The van der Waals surface area contributed by atoms with Crippen LogP contribution in [0.15, 0.2) is 70.8 Å². The Balaban J connectivity index is 1.84. The van der Waals surface area contributed by atoms with Gasteiger partial charge in [0.2, 0.25) is 5.91 Å². The Morgan fingerprint density at radius 3 is 2.58 bits per heavy atom. The van der Waals surface area contributed by atoms with Crippen molar-refractivity contribution >= 4 is 28.1 Å². The molecule has 7 heteroatoms. The van der Waals surface area contributed by atoms with Gasteiger partial charge in [0.15, 0.2) is 0 Å². The van der Waals surface area contributed by atoms with E-state index in [2.05, 4.69) is 6.92 Å². The maximum absolute atomic E-state index is 13.6. The molecule has 33 heavy (non-hydrogen) atoms. The Bertz CT molecular complexity index is 1300. The number of hydrogen-bond donors (Lipinski definition) is 0. The van der Waals surface area contributed by atoms with E-state index in [0.29, 0.717) is 35.4 Å². The SMILES string of the molecule is CCCCN(C(=O)Cc1cccs1)C(C)c1nc2ccccc2c(=O)n1-c1ccc(F)cc1. The number of benzene rings is 2. The first-order chi connectivity index (χ1) is 16.0. The van der Waals surface area contributed by atoms with Crippen LogP contribution in [0.4, 0.5) is 4.39 Å². The summed E-state index contributed by atoms with van der Waals surface area (Å²) in [5, 5.41) is 2.43. The van der Waals surface area contributed by atoms with Gasteiger partial charge in [-0.1, -0.05) is 31.5 Å². The lowest BCUT2D eigenvalue weighted by molar-refractivity contribution is -0.132. The molecule has 1 unspecified atom stereocenters. The number of rotatable bonds is 8. The van der Waals surface area contributed by atoms with E-state index >= 15 is 0 Å². The lowest BCUT2D eigenvalue weighted by atomic mass is 10.1. The van der Waals surface area contributed by atoms with Gasteiger partial charge < -0.3 is 4.90 Å². The third-order valence-electron chi connectivity index (χ3n) is 5.71. The van der Waals surface area contributed by atoms with Crippen molar-refractivity contribution < 1.29 is 9.18 Å². The third-order valence-corrected chi connectivity index (χ3v) is 6.58. The topological polar surface area (TPSA) is 55.2 Å². The predicted molar refractivity (Wildman–Crippen MR) is 130 cm³/mol. The van der Waals surface area contributed by atoms with E-state index in [1.54, 1.807) is 46.6 Å². The second-order valence-electron chi connectivity index (χ2n) is 7.98. The molecule has 5 nitrogen and oxygen atoms in total. The van der Waals surface area contributed by atoms with Crippen LogP contribution in [0.25, 0.3) is 16.6 Å². The highest BCUT2D eigenvalue weighted by atomic mass is 32.1. The van der Waals surface area contributed by atoms with Gasteiger partial charge in [0.05, 0.1) is 29.1 Å². The summed E-state index contributed by atoms with van der Waals surface area (Å²) in [4.78, 5) is 34.5. The summed E-state index contributed by atoms with van der Waals surface area (Å²) in [5.74, 6) is 0.0678. The van der Waals surface area contributed by atoms with Crippen molar-refractivity contribution in [1.29, 1.82) is 0 Å². The Morgan fingerprint density at radius 2 is 1.88 bits per heavy atom. The number of carbonyl (C=O) groups is 1. The van der Waals surface area contributed by atoms with Gasteiger partial charge >= 0.3 is 0 Å². The summed E-state index contributed by atoms with van der Waals surface area (Å²) in [6.45, 7) is 4.54. The second-order valence-corrected chi connectivity index (χ2v) is 9.01. The Labute approximate surface area is 196 Å². The van der Waals surface area contributed by atoms with Crippen molar-refractivity contribution in [3.63, 3.8) is 0 Å². The van der Waals surface area contributed by atoms with Crippen molar-refractivity contribution in [3.05, 3.63) is 92.9 Å². The van der Waals surface area contributed by atoms with Gasteiger partial charge in [-0.25, -0.2) is 9.37 Å². The average molecular weight is 464 g/mol. The molecule has 0 saturated heterocycles. The van der Waals surface area contributed by atoms with Crippen molar-refractivity contribution in [2.45, 2.75) is 39.2 Å². The molecule has 2 aromatic heterocycles. The molecular formula is C26H26FN3O2S. The second kappa shape index (κ2) is 10.1. The molecule has 2 heterocycles. The van der Waals surface area contributed by atoms with Gasteiger partial charge in [-0.2, -0.15) is 0 Å². The quantitative estimate of drug-likeness (QED) is 0.346. The molecule has 0 spiro atoms. The molecule has 2 aromatic carbocycles. The number of unbranched alkanes of at least 4 members (excludes halogenated alkanes) is 1. The van der Waals surface area contributed by atoms with E-state index in [4.69, 9.17) is 4.98 Å². The highest BCUT2D eigenvalue weighted by Crippen LogP contribution is 2.25. The van der Waals surface area contributed by atoms with Crippen LogP contribution in [0.3, 0.4) is 0 Å².